The molecule has 0 aliphatic carbocycles. The largest absolute Gasteiger partial charge is 0.497 e. The molecule has 4 rings (SSSR count). The summed E-state index contributed by atoms with van der Waals surface area (Å²) in [4.78, 5) is 36.3. The van der Waals surface area contributed by atoms with Gasteiger partial charge in [0, 0.05) is 23.8 Å². The van der Waals surface area contributed by atoms with E-state index in [4.69, 9.17) is 13.9 Å². The van der Waals surface area contributed by atoms with E-state index in [9.17, 15) is 19.7 Å². The van der Waals surface area contributed by atoms with Gasteiger partial charge in [-0.1, -0.05) is 23.8 Å². The topological polar surface area (TPSA) is 109 Å². The third-order valence-corrected chi connectivity index (χ3v) is 5.05. The summed E-state index contributed by atoms with van der Waals surface area (Å²) in [6.45, 7) is 1.84. The zero-order valence-electron chi connectivity index (χ0n) is 18.3. The van der Waals surface area contributed by atoms with Crippen LogP contribution in [0.25, 0.3) is 28.4 Å². The maximum Gasteiger partial charge on any atom is 0.336 e. The van der Waals surface area contributed by atoms with E-state index in [-0.39, 0.29) is 22.6 Å². The zero-order valence-corrected chi connectivity index (χ0v) is 18.3. The number of fused-ring (bicyclic) bond motifs is 1. The molecule has 0 atom stereocenters. The number of nitro benzene ring substituents is 1. The molecule has 8 nitrogen and oxygen atoms in total. The highest BCUT2D eigenvalue weighted by Crippen LogP contribution is 2.32. The number of non-ortho nitro benzene ring substituents is 1. The van der Waals surface area contributed by atoms with Crippen LogP contribution in [0.5, 0.6) is 11.5 Å². The van der Waals surface area contributed by atoms with Gasteiger partial charge in [0.1, 0.15) is 11.3 Å². The summed E-state index contributed by atoms with van der Waals surface area (Å²) in [7, 11) is 1.54. The number of ether oxygens (including phenoxy) is 2. The number of aryl methyl sites for hydroxylation is 1. The lowest BCUT2D eigenvalue weighted by molar-refractivity contribution is -0.384. The van der Waals surface area contributed by atoms with Crippen LogP contribution >= 0.6 is 0 Å². The monoisotopic (exact) mass is 457 g/mol. The quantitative estimate of drug-likeness (QED) is 0.167. The van der Waals surface area contributed by atoms with E-state index in [2.05, 4.69) is 0 Å². The van der Waals surface area contributed by atoms with Crippen LogP contribution in [0.2, 0.25) is 0 Å². The van der Waals surface area contributed by atoms with Gasteiger partial charge in [0.15, 0.2) is 5.76 Å². The average Bonchev–Trinajstić information content (AvgIpc) is 2.85. The normalized spacial score (nSPS) is 11.0. The van der Waals surface area contributed by atoms with Crippen LogP contribution < -0.4 is 14.9 Å². The fourth-order valence-corrected chi connectivity index (χ4v) is 3.36. The van der Waals surface area contributed by atoms with E-state index in [1.165, 1.54) is 31.4 Å². The van der Waals surface area contributed by atoms with Crippen molar-refractivity contribution >= 4 is 28.7 Å². The van der Waals surface area contributed by atoms with Crippen molar-refractivity contribution in [3.63, 3.8) is 0 Å². The molecular formula is C26H19NO7. The summed E-state index contributed by atoms with van der Waals surface area (Å²) in [5, 5.41) is 11.2. The SMILES string of the molecule is COc1ccc(-c2oc3ccc(C)cc3c(=O)c2OC(=O)/C=C/c2cccc([N+](=O)[O-])c2)cc1. The van der Waals surface area contributed by atoms with Gasteiger partial charge < -0.3 is 13.9 Å². The number of nitrogens with zero attached hydrogens (tertiary/aromatic N) is 1. The van der Waals surface area contributed by atoms with E-state index in [1.54, 1.807) is 42.5 Å². The molecule has 0 saturated heterocycles. The Hall–Kier alpha value is -4.72. The Labute approximate surface area is 193 Å². The molecule has 0 aliphatic rings. The highest BCUT2D eigenvalue weighted by atomic mass is 16.6. The molecule has 0 amide bonds. The van der Waals surface area contributed by atoms with Crippen molar-refractivity contribution in [1.82, 2.24) is 0 Å². The van der Waals surface area contributed by atoms with Crippen LogP contribution in [0, 0.1) is 17.0 Å². The Bertz CT molecular complexity index is 1480. The zero-order chi connectivity index (χ0) is 24.2. The number of rotatable bonds is 6. The minimum Gasteiger partial charge on any atom is -0.497 e. The first-order chi connectivity index (χ1) is 16.4. The van der Waals surface area contributed by atoms with Gasteiger partial charge in [-0.25, -0.2) is 4.79 Å². The molecule has 0 unspecified atom stereocenters. The number of carbonyl (C=O) groups is 1. The molecule has 0 aliphatic heterocycles. The number of carbonyl (C=O) groups excluding carboxylic acids is 1. The molecule has 0 radical (unpaired) electrons. The van der Waals surface area contributed by atoms with Crippen molar-refractivity contribution in [3.05, 3.63) is 104 Å². The van der Waals surface area contributed by atoms with Crippen molar-refractivity contribution < 1.29 is 23.6 Å². The number of methoxy groups -OCH3 is 1. The van der Waals surface area contributed by atoms with Crippen LogP contribution in [0.4, 0.5) is 5.69 Å². The molecular weight excluding hydrogens is 438 g/mol. The van der Waals surface area contributed by atoms with E-state index >= 15 is 0 Å². The van der Waals surface area contributed by atoms with E-state index < -0.39 is 16.3 Å². The minimum absolute atomic E-state index is 0.0982. The fraction of sp³-hybridized carbons (Fsp3) is 0.0769. The summed E-state index contributed by atoms with van der Waals surface area (Å²) >= 11 is 0. The first-order valence-electron chi connectivity index (χ1n) is 10.2. The van der Waals surface area contributed by atoms with Gasteiger partial charge in [-0.3, -0.25) is 14.9 Å². The maximum atomic E-state index is 13.3. The summed E-state index contributed by atoms with van der Waals surface area (Å²) in [5.74, 6) is -0.375. The molecule has 8 heteroatoms. The van der Waals surface area contributed by atoms with Crippen molar-refractivity contribution in [2.45, 2.75) is 6.92 Å². The standard InChI is InChI=1S/C26H19NO7/c1-16-6-12-22-21(14-16)24(29)26(25(33-22)18-8-10-20(32-2)11-9-18)34-23(28)13-7-17-4-3-5-19(15-17)27(30)31/h3-15H,1-2H3/b13-7+. The van der Waals surface area contributed by atoms with Gasteiger partial charge in [-0.05, 0) is 55.0 Å². The Kier molecular flexibility index (Phi) is 6.22. The number of hydrogen-bond donors (Lipinski definition) is 0. The molecule has 1 heterocycles. The van der Waals surface area contributed by atoms with Crippen molar-refractivity contribution in [3.8, 4) is 22.8 Å². The van der Waals surface area contributed by atoms with Gasteiger partial charge in [0.2, 0.25) is 11.2 Å². The van der Waals surface area contributed by atoms with Crippen LogP contribution in [-0.2, 0) is 4.79 Å². The molecule has 0 fully saturated rings. The number of nitro groups is 1. The molecule has 0 saturated carbocycles. The van der Waals surface area contributed by atoms with Gasteiger partial charge >= 0.3 is 5.97 Å². The van der Waals surface area contributed by atoms with Crippen LogP contribution in [-0.4, -0.2) is 18.0 Å². The van der Waals surface area contributed by atoms with Crippen LogP contribution in [0.3, 0.4) is 0 Å². The lowest BCUT2D eigenvalue weighted by Gasteiger charge is -2.10. The van der Waals surface area contributed by atoms with Crippen molar-refractivity contribution in [1.29, 1.82) is 0 Å². The van der Waals surface area contributed by atoms with Gasteiger partial charge in [0.05, 0.1) is 17.4 Å². The Balaban J connectivity index is 1.74. The summed E-state index contributed by atoms with van der Waals surface area (Å²) in [6.07, 6.45) is 2.46. The van der Waals surface area contributed by atoms with Crippen LogP contribution in [0.15, 0.2) is 82.0 Å². The van der Waals surface area contributed by atoms with Gasteiger partial charge in [-0.15, -0.1) is 0 Å². The van der Waals surface area contributed by atoms with Crippen molar-refractivity contribution in [2.75, 3.05) is 7.11 Å². The molecule has 1 aromatic heterocycles. The summed E-state index contributed by atoms with van der Waals surface area (Å²) < 4.78 is 16.6. The molecule has 4 aromatic rings. The predicted molar refractivity (Wildman–Crippen MR) is 127 cm³/mol. The van der Waals surface area contributed by atoms with Crippen molar-refractivity contribution in [2.24, 2.45) is 0 Å². The second kappa shape index (κ2) is 9.41. The van der Waals surface area contributed by atoms with E-state index in [1.807, 2.05) is 13.0 Å². The lowest BCUT2D eigenvalue weighted by atomic mass is 10.1. The van der Waals surface area contributed by atoms with Crippen LogP contribution in [0.1, 0.15) is 11.1 Å². The Morgan fingerprint density at radius 3 is 2.53 bits per heavy atom. The Morgan fingerprint density at radius 1 is 1.06 bits per heavy atom. The fourth-order valence-electron chi connectivity index (χ4n) is 3.36. The molecule has 34 heavy (non-hydrogen) atoms. The number of hydrogen-bond acceptors (Lipinski definition) is 7. The predicted octanol–water partition coefficient (Wildman–Crippen LogP) is 5.30. The molecule has 170 valence electrons. The summed E-state index contributed by atoms with van der Waals surface area (Å²) in [6, 6.07) is 17.7. The molecule has 0 bridgehead atoms. The average molecular weight is 457 g/mol. The second-order valence-corrected chi connectivity index (χ2v) is 7.42. The van der Waals surface area contributed by atoms with Gasteiger partial charge in [-0.2, -0.15) is 0 Å². The minimum atomic E-state index is -0.833. The van der Waals surface area contributed by atoms with E-state index in [0.29, 0.717) is 22.5 Å². The van der Waals surface area contributed by atoms with E-state index in [0.717, 1.165) is 11.6 Å². The molecule has 3 aromatic carbocycles. The highest BCUT2D eigenvalue weighted by Gasteiger charge is 2.20. The third kappa shape index (κ3) is 4.71. The molecule has 0 spiro atoms. The number of benzene rings is 3. The van der Waals surface area contributed by atoms with Gasteiger partial charge in [0.25, 0.3) is 5.69 Å². The maximum absolute atomic E-state index is 13.3. The first kappa shape index (κ1) is 22.5. The Morgan fingerprint density at radius 2 is 1.82 bits per heavy atom. The molecule has 0 N–H and O–H groups in total. The summed E-state index contributed by atoms with van der Waals surface area (Å²) in [5.41, 5.74) is 1.55. The smallest absolute Gasteiger partial charge is 0.336 e. The second-order valence-electron chi connectivity index (χ2n) is 7.42. The third-order valence-electron chi connectivity index (χ3n) is 5.05. The number of esters is 1. The lowest BCUT2D eigenvalue weighted by Crippen LogP contribution is -2.14. The first-order valence-corrected chi connectivity index (χ1v) is 10.2. The highest BCUT2D eigenvalue weighted by molar-refractivity contribution is 5.91.